The molecule has 1 aromatic carbocycles. The molecule has 5 N–H and O–H groups in total. The number of aromatic nitrogens is 4. The Labute approximate surface area is 168 Å². The van der Waals surface area contributed by atoms with Gasteiger partial charge in [-0.1, -0.05) is 12.1 Å². The van der Waals surface area contributed by atoms with Crippen molar-refractivity contribution in [1.82, 2.24) is 19.5 Å². The number of hydrogen-bond acceptors (Lipinski definition) is 8. The van der Waals surface area contributed by atoms with Gasteiger partial charge in [-0.25, -0.2) is 15.0 Å². The number of aliphatic hydroxyl groups is 3. The molecule has 0 radical (unpaired) electrons. The van der Waals surface area contributed by atoms with Gasteiger partial charge in [0, 0.05) is 9.99 Å². The second kappa shape index (κ2) is 7.28. The number of nitrogens with two attached hydrogens (primary N) is 1. The van der Waals surface area contributed by atoms with Crippen LogP contribution in [0, 0.1) is 3.57 Å². The number of anilines is 1. The van der Waals surface area contributed by atoms with Crippen molar-refractivity contribution in [1.29, 1.82) is 0 Å². The summed E-state index contributed by atoms with van der Waals surface area (Å²) in [6.07, 6.45) is -2.32. The van der Waals surface area contributed by atoms with Gasteiger partial charge in [-0.3, -0.25) is 4.57 Å². The Morgan fingerprint density at radius 2 is 2.04 bits per heavy atom. The minimum Gasteiger partial charge on any atom is -0.394 e. The minimum absolute atomic E-state index is 0.228. The maximum atomic E-state index is 10.3. The van der Waals surface area contributed by atoms with Crippen LogP contribution in [-0.4, -0.2) is 59.8 Å². The molecule has 0 aliphatic carbocycles. The van der Waals surface area contributed by atoms with E-state index >= 15 is 0 Å². The molecule has 0 saturated carbocycles. The normalized spacial score (nSPS) is 25.3. The highest BCUT2D eigenvalue weighted by atomic mass is 127. The van der Waals surface area contributed by atoms with E-state index in [2.05, 4.69) is 37.5 Å². The fourth-order valence-corrected chi connectivity index (χ4v) is 3.80. The van der Waals surface area contributed by atoms with Crippen LogP contribution in [0.3, 0.4) is 0 Å². The van der Waals surface area contributed by atoms with E-state index < -0.39 is 31.1 Å². The molecule has 27 heavy (non-hydrogen) atoms. The second-order valence-electron chi connectivity index (χ2n) is 6.38. The lowest BCUT2D eigenvalue weighted by molar-refractivity contribution is -0.0511. The van der Waals surface area contributed by atoms with Gasteiger partial charge in [0.05, 0.1) is 12.9 Å². The predicted molar refractivity (Wildman–Crippen MR) is 105 cm³/mol. The Bertz CT molecular complexity index is 981. The zero-order chi connectivity index (χ0) is 19.1. The van der Waals surface area contributed by atoms with Gasteiger partial charge in [-0.2, -0.15) is 0 Å². The number of benzene rings is 1. The van der Waals surface area contributed by atoms with E-state index in [0.29, 0.717) is 23.4 Å². The van der Waals surface area contributed by atoms with Gasteiger partial charge in [0.15, 0.2) is 17.7 Å². The van der Waals surface area contributed by atoms with Crippen LogP contribution in [0.25, 0.3) is 11.2 Å². The van der Waals surface area contributed by atoms with Crippen LogP contribution in [0.5, 0.6) is 0 Å². The molecule has 1 saturated heterocycles. The van der Waals surface area contributed by atoms with Gasteiger partial charge in [0.25, 0.3) is 0 Å². The third-order valence-electron chi connectivity index (χ3n) is 4.54. The van der Waals surface area contributed by atoms with E-state index in [1.54, 1.807) is 0 Å². The van der Waals surface area contributed by atoms with Crippen molar-refractivity contribution >= 4 is 39.6 Å². The maximum absolute atomic E-state index is 10.3. The maximum Gasteiger partial charge on any atom is 0.167 e. The number of aliphatic hydroxyl groups excluding tert-OH is 3. The number of rotatable bonds is 4. The zero-order valence-corrected chi connectivity index (χ0v) is 16.3. The summed E-state index contributed by atoms with van der Waals surface area (Å²) < 4.78 is 8.19. The summed E-state index contributed by atoms with van der Waals surface area (Å²) in [6, 6.07) is 7.98. The van der Waals surface area contributed by atoms with E-state index in [1.165, 1.54) is 10.9 Å². The quantitative estimate of drug-likeness (QED) is 0.387. The monoisotopic (exact) mass is 483 g/mol. The number of nitrogen functional groups attached to an aromatic ring is 1. The fraction of sp³-hybridized carbons (Fsp3) is 0.353. The van der Waals surface area contributed by atoms with Crippen molar-refractivity contribution in [3.63, 3.8) is 0 Å². The van der Waals surface area contributed by atoms with Crippen molar-refractivity contribution < 1.29 is 20.1 Å². The first-order chi connectivity index (χ1) is 13.0. The van der Waals surface area contributed by atoms with E-state index in [-0.39, 0.29) is 5.82 Å². The van der Waals surface area contributed by atoms with Gasteiger partial charge in [0.1, 0.15) is 29.7 Å². The third-order valence-corrected chi connectivity index (χ3v) is 5.21. The first-order valence-electron chi connectivity index (χ1n) is 8.33. The summed E-state index contributed by atoms with van der Waals surface area (Å²) in [4.78, 5) is 13.1. The second-order valence-corrected chi connectivity index (χ2v) is 7.63. The van der Waals surface area contributed by atoms with Crippen LogP contribution < -0.4 is 5.73 Å². The topological polar surface area (TPSA) is 140 Å². The third kappa shape index (κ3) is 3.38. The molecule has 0 unspecified atom stereocenters. The Kier molecular flexibility index (Phi) is 4.99. The molecule has 0 bridgehead atoms. The Balaban J connectivity index is 1.72. The minimum atomic E-state index is -1.23. The number of fused-ring (bicyclic) bond motifs is 1. The number of ether oxygens (including phenoxy) is 1. The van der Waals surface area contributed by atoms with E-state index in [4.69, 9.17) is 10.5 Å². The zero-order valence-electron chi connectivity index (χ0n) is 14.1. The van der Waals surface area contributed by atoms with E-state index in [1.807, 2.05) is 24.3 Å². The molecule has 1 aliphatic rings. The molecule has 4 rings (SSSR count). The summed E-state index contributed by atoms with van der Waals surface area (Å²) in [5, 5.41) is 29.6. The highest BCUT2D eigenvalue weighted by Crippen LogP contribution is 2.32. The molecule has 0 spiro atoms. The van der Waals surface area contributed by atoms with Gasteiger partial charge in [-0.05, 0) is 40.3 Å². The van der Waals surface area contributed by atoms with Crippen LogP contribution in [0.2, 0.25) is 0 Å². The standard InChI is InChI=1S/C17H18IN5O4/c18-9-3-1-2-8(4-9)5-11-21-15(19)12-16(22-11)23(7-20-12)17-14(26)13(25)10(6-24)27-17/h1-4,7,10,13-14,17,24-26H,5-6H2,(H2,19,21,22)/t10-,13-,14-,17-/m1/s1. The number of hydrogen-bond donors (Lipinski definition) is 4. The van der Waals surface area contributed by atoms with Crippen molar-refractivity contribution in [2.24, 2.45) is 0 Å². The highest BCUT2D eigenvalue weighted by Gasteiger charge is 2.44. The average molecular weight is 483 g/mol. The van der Waals surface area contributed by atoms with Crippen molar-refractivity contribution in [2.45, 2.75) is 31.0 Å². The Morgan fingerprint density at radius 1 is 1.22 bits per heavy atom. The lowest BCUT2D eigenvalue weighted by Gasteiger charge is -2.16. The Hall–Kier alpha value is -1.86. The molecule has 4 atom stereocenters. The van der Waals surface area contributed by atoms with Crippen LogP contribution in [0.15, 0.2) is 30.6 Å². The van der Waals surface area contributed by atoms with Crippen LogP contribution >= 0.6 is 22.6 Å². The smallest absolute Gasteiger partial charge is 0.167 e. The molecular formula is C17H18IN5O4. The van der Waals surface area contributed by atoms with Gasteiger partial charge >= 0.3 is 0 Å². The van der Waals surface area contributed by atoms with Crippen molar-refractivity contribution in [3.8, 4) is 0 Å². The van der Waals surface area contributed by atoms with Crippen LogP contribution in [-0.2, 0) is 11.2 Å². The molecule has 1 fully saturated rings. The lowest BCUT2D eigenvalue weighted by atomic mass is 10.1. The highest BCUT2D eigenvalue weighted by molar-refractivity contribution is 14.1. The number of nitrogens with zero attached hydrogens (tertiary/aromatic N) is 4. The van der Waals surface area contributed by atoms with Gasteiger partial charge in [-0.15, -0.1) is 0 Å². The molecule has 2 aromatic heterocycles. The molecule has 3 aromatic rings. The van der Waals surface area contributed by atoms with Gasteiger partial charge < -0.3 is 25.8 Å². The van der Waals surface area contributed by atoms with Crippen LogP contribution in [0.1, 0.15) is 17.6 Å². The summed E-state index contributed by atoms with van der Waals surface area (Å²) in [5.74, 6) is 0.738. The van der Waals surface area contributed by atoms with Gasteiger partial charge in [0.2, 0.25) is 0 Å². The number of halogens is 1. The molecule has 10 heteroatoms. The molecule has 3 heterocycles. The summed E-state index contributed by atoms with van der Waals surface area (Å²) in [6.45, 7) is -0.406. The average Bonchev–Trinajstić information content (AvgIpc) is 3.17. The number of imidazole rings is 1. The van der Waals surface area contributed by atoms with E-state index in [0.717, 1.165) is 9.13 Å². The van der Waals surface area contributed by atoms with Crippen molar-refractivity contribution in [2.75, 3.05) is 12.3 Å². The van der Waals surface area contributed by atoms with Crippen LogP contribution in [0.4, 0.5) is 5.82 Å². The molecule has 0 amide bonds. The first-order valence-corrected chi connectivity index (χ1v) is 9.41. The molecule has 9 nitrogen and oxygen atoms in total. The molecule has 1 aliphatic heterocycles. The SMILES string of the molecule is Nc1nc(Cc2cccc(I)c2)nc2c1ncn2[C@@H]1O[C@H](CO)[C@@H](O)[C@H]1O. The predicted octanol–water partition coefficient (Wildman–Crippen LogP) is 0.215. The lowest BCUT2D eigenvalue weighted by Crippen LogP contribution is -2.33. The van der Waals surface area contributed by atoms with E-state index in [9.17, 15) is 15.3 Å². The molecular weight excluding hydrogens is 465 g/mol. The fourth-order valence-electron chi connectivity index (χ4n) is 3.19. The Morgan fingerprint density at radius 3 is 2.74 bits per heavy atom. The summed E-state index contributed by atoms with van der Waals surface area (Å²) in [5.41, 5.74) is 7.88. The summed E-state index contributed by atoms with van der Waals surface area (Å²) in [7, 11) is 0. The summed E-state index contributed by atoms with van der Waals surface area (Å²) >= 11 is 2.24. The first kappa shape index (κ1) is 18.5. The largest absolute Gasteiger partial charge is 0.394 e. The molecule has 142 valence electrons. The van der Waals surface area contributed by atoms with Crippen molar-refractivity contribution in [3.05, 3.63) is 45.6 Å².